The predicted molar refractivity (Wildman–Crippen MR) is 56.9 cm³/mol. The Morgan fingerprint density at radius 2 is 2.46 bits per heavy atom. The van der Waals surface area contributed by atoms with E-state index in [-0.39, 0.29) is 6.04 Å². The van der Waals surface area contributed by atoms with Crippen LogP contribution in [0.15, 0.2) is 20.0 Å². The van der Waals surface area contributed by atoms with Gasteiger partial charge in [0.05, 0.1) is 0 Å². The van der Waals surface area contributed by atoms with Crippen molar-refractivity contribution in [2.75, 3.05) is 5.75 Å². The van der Waals surface area contributed by atoms with E-state index in [0.717, 1.165) is 10.9 Å². The molecule has 5 nitrogen and oxygen atoms in total. The maximum absolute atomic E-state index is 5.64. The normalized spacial score (nSPS) is 25.0. The largest absolute Gasteiger partial charge is 0.385 e. The average molecular weight is 195 g/mol. The zero-order valence-electron chi connectivity index (χ0n) is 7.14. The smallest absolute Gasteiger partial charge is 0.185 e. The molecule has 2 heterocycles. The van der Waals surface area contributed by atoms with E-state index in [0.29, 0.717) is 11.7 Å². The number of fused-ring (bicyclic) bond motifs is 1. The van der Waals surface area contributed by atoms with Crippen LogP contribution in [0.1, 0.15) is 6.92 Å². The summed E-state index contributed by atoms with van der Waals surface area (Å²) in [6.07, 6.45) is 1.42. The molecule has 0 radical (unpaired) electrons. The Morgan fingerprint density at radius 3 is 3.15 bits per heavy atom. The molecule has 1 atom stereocenters. The molecule has 13 heavy (non-hydrogen) atoms. The summed E-state index contributed by atoms with van der Waals surface area (Å²) < 4.78 is 0. The summed E-state index contributed by atoms with van der Waals surface area (Å²) >= 11 is 1.58. The third-order valence-electron chi connectivity index (χ3n) is 1.64. The lowest BCUT2D eigenvalue weighted by atomic mass is 10.2. The van der Waals surface area contributed by atoms with Crippen LogP contribution in [0.25, 0.3) is 0 Å². The highest BCUT2D eigenvalue weighted by molar-refractivity contribution is 8.13. The van der Waals surface area contributed by atoms with E-state index in [1.54, 1.807) is 11.8 Å². The molecule has 0 aromatic heterocycles. The highest BCUT2D eigenvalue weighted by atomic mass is 32.2. The summed E-state index contributed by atoms with van der Waals surface area (Å²) in [5.41, 5.74) is 5.64. The third-order valence-corrected chi connectivity index (χ3v) is 2.39. The first kappa shape index (κ1) is 8.43. The fraction of sp³-hybridized carbons (Fsp3) is 0.429. The van der Waals surface area contributed by atoms with E-state index in [1.165, 1.54) is 6.34 Å². The molecule has 0 saturated carbocycles. The van der Waals surface area contributed by atoms with Gasteiger partial charge in [0.1, 0.15) is 12.2 Å². The second-order valence-electron chi connectivity index (χ2n) is 2.52. The van der Waals surface area contributed by atoms with Crippen LogP contribution in [0, 0.1) is 0 Å². The first-order valence-electron chi connectivity index (χ1n) is 3.96. The Balaban J connectivity index is 2.24. The lowest BCUT2D eigenvalue weighted by molar-refractivity contribution is 1.12. The highest BCUT2D eigenvalue weighted by Gasteiger charge is 2.27. The molecule has 1 unspecified atom stereocenters. The van der Waals surface area contributed by atoms with Crippen molar-refractivity contribution in [3.8, 4) is 0 Å². The molecule has 2 rings (SSSR count). The molecular formula is C7H9N5S. The fourth-order valence-electron chi connectivity index (χ4n) is 1.08. The summed E-state index contributed by atoms with van der Waals surface area (Å²) in [7, 11) is 0. The topological polar surface area (TPSA) is 75.5 Å². The summed E-state index contributed by atoms with van der Waals surface area (Å²) in [6, 6.07) is -0.237. The van der Waals surface area contributed by atoms with Crippen LogP contribution in [-0.4, -0.2) is 35.0 Å². The van der Waals surface area contributed by atoms with Crippen LogP contribution < -0.4 is 5.73 Å². The van der Waals surface area contributed by atoms with Gasteiger partial charge in [0.15, 0.2) is 17.0 Å². The number of hydrogen-bond acceptors (Lipinski definition) is 6. The SMILES string of the molecule is CCSC1=NC2C(N)=NC=NC2=N1. The Bertz CT molecular complexity index is 341. The minimum Gasteiger partial charge on any atom is -0.385 e. The van der Waals surface area contributed by atoms with E-state index in [1.807, 2.05) is 0 Å². The van der Waals surface area contributed by atoms with Gasteiger partial charge in [-0.25, -0.2) is 20.0 Å². The number of aliphatic imine (C=N–C) groups is 4. The highest BCUT2D eigenvalue weighted by Crippen LogP contribution is 2.17. The van der Waals surface area contributed by atoms with Gasteiger partial charge in [-0.2, -0.15) is 0 Å². The Labute approximate surface area is 80.0 Å². The van der Waals surface area contributed by atoms with Crippen molar-refractivity contribution in [2.45, 2.75) is 13.0 Å². The number of nitrogens with two attached hydrogens (primary N) is 1. The van der Waals surface area contributed by atoms with Crippen LogP contribution in [-0.2, 0) is 0 Å². The van der Waals surface area contributed by atoms with Gasteiger partial charge in [0.25, 0.3) is 0 Å². The van der Waals surface area contributed by atoms with Crippen molar-refractivity contribution in [1.29, 1.82) is 0 Å². The van der Waals surface area contributed by atoms with Gasteiger partial charge >= 0.3 is 0 Å². The zero-order chi connectivity index (χ0) is 9.26. The van der Waals surface area contributed by atoms with Gasteiger partial charge in [-0.05, 0) is 5.75 Å². The second-order valence-corrected chi connectivity index (χ2v) is 3.75. The van der Waals surface area contributed by atoms with E-state index in [9.17, 15) is 0 Å². The fourth-order valence-corrected chi connectivity index (χ4v) is 1.67. The van der Waals surface area contributed by atoms with Crippen LogP contribution in [0.3, 0.4) is 0 Å². The van der Waals surface area contributed by atoms with E-state index < -0.39 is 0 Å². The third kappa shape index (κ3) is 1.49. The summed E-state index contributed by atoms with van der Waals surface area (Å²) in [4.78, 5) is 16.4. The van der Waals surface area contributed by atoms with Gasteiger partial charge in [0.2, 0.25) is 0 Å². The van der Waals surface area contributed by atoms with Crippen molar-refractivity contribution in [3.05, 3.63) is 0 Å². The van der Waals surface area contributed by atoms with Gasteiger partial charge in [-0.3, -0.25) is 0 Å². The molecule has 2 aliphatic rings. The first-order valence-corrected chi connectivity index (χ1v) is 4.94. The molecule has 0 bridgehead atoms. The van der Waals surface area contributed by atoms with E-state index in [2.05, 4.69) is 26.9 Å². The molecule has 0 fully saturated rings. The molecule has 0 amide bonds. The van der Waals surface area contributed by atoms with Gasteiger partial charge in [-0.15, -0.1) is 0 Å². The Morgan fingerprint density at radius 1 is 1.62 bits per heavy atom. The first-order chi connectivity index (χ1) is 6.31. The summed E-state index contributed by atoms with van der Waals surface area (Å²) in [6.45, 7) is 2.05. The maximum Gasteiger partial charge on any atom is 0.185 e. The molecule has 0 aromatic rings. The van der Waals surface area contributed by atoms with Crippen LogP contribution >= 0.6 is 11.8 Å². The van der Waals surface area contributed by atoms with Crippen molar-refractivity contribution >= 4 is 34.9 Å². The van der Waals surface area contributed by atoms with E-state index in [4.69, 9.17) is 5.73 Å². The van der Waals surface area contributed by atoms with Crippen LogP contribution in [0.2, 0.25) is 0 Å². The lowest BCUT2D eigenvalue weighted by Gasteiger charge is -2.08. The van der Waals surface area contributed by atoms with Crippen molar-refractivity contribution in [1.82, 2.24) is 0 Å². The van der Waals surface area contributed by atoms with E-state index >= 15 is 0 Å². The minimum absolute atomic E-state index is 0.237. The summed E-state index contributed by atoms with van der Waals surface area (Å²) in [5, 5.41) is 0.750. The van der Waals surface area contributed by atoms with Crippen LogP contribution in [0.5, 0.6) is 0 Å². The quantitative estimate of drug-likeness (QED) is 0.652. The number of hydrogen-bond donors (Lipinski definition) is 1. The number of amidine groups is 3. The molecule has 0 aliphatic carbocycles. The minimum atomic E-state index is -0.237. The number of rotatable bonds is 1. The molecule has 2 N–H and O–H groups in total. The van der Waals surface area contributed by atoms with Gasteiger partial charge in [-0.1, -0.05) is 18.7 Å². The monoisotopic (exact) mass is 195 g/mol. The van der Waals surface area contributed by atoms with Gasteiger partial charge in [0, 0.05) is 0 Å². The number of thioether (sulfide) groups is 1. The van der Waals surface area contributed by atoms with Crippen molar-refractivity contribution in [3.63, 3.8) is 0 Å². The second kappa shape index (κ2) is 3.29. The van der Waals surface area contributed by atoms with Gasteiger partial charge < -0.3 is 5.73 Å². The van der Waals surface area contributed by atoms with Crippen LogP contribution in [0.4, 0.5) is 0 Å². The predicted octanol–water partition coefficient (Wildman–Crippen LogP) is 0.275. The molecular weight excluding hydrogens is 186 g/mol. The van der Waals surface area contributed by atoms with Crippen molar-refractivity contribution < 1.29 is 0 Å². The summed E-state index contributed by atoms with van der Waals surface area (Å²) in [5.74, 6) is 2.08. The number of nitrogens with zero attached hydrogens (tertiary/aromatic N) is 4. The molecule has 68 valence electrons. The Kier molecular flexibility index (Phi) is 2.13. The Hall–Kier alpha value is -1.17. The van der Waals surface area contributed by atoms with Crippen molar-refractivity contribution in [2.24, 2.45) is 25.7 Å². The molecule has 0 aromatic carbocycles. The average Bonchev–Trinajstić information content (AvgIpc) is 2.49. The molecule has 2 aliphatic heterocycles. The standard InChI is InChI=1S/C7H9N5S/c1-2-13-7-11-4-5(8)9-3-10-6(4)12-7/h3-4H,2H2,1H3,(H2,8,9,10,11,12). The molecule has 0 spiro atoms. The molecule has 0 saturated heterocycles. The molecule has 6 heteroatoms. The zero-order valence-corrected chi connectivity index (χ0v) is 7.95. The maximum atomic E-state index is 5.64. The lowest BCUT2D eigenvalue weighted by Crippen LogP contribution is -2.34.